The van der Waals surface area contributed by atoms with Crippen molar-refractivity contribution in [3.8, 4) is 0 Å². The third kappa shape index (κ3) is 5.24. The molecule has 0 saturated carbocycles. The van der Waals surface area contributed by atoms with Crippen LogP contribution >= 0.6 is 24.0 Å². The van der Waals surface area contributed by atoms with Crippen LogP contribution in [0.5, 0.6) is 0 Å². The molecule has 0 aliphatic rings. The standard InChI is InChI=1S/C13H17ClN6.ClH/c1-3-15-11-18-12(16-4-2)20-13(19-11)17-10-7-5-9(14)6-8-10;/h5-8H,3-4H2,1-2H3,(H3,15,16,17,18,19,20);1H. The summed E-state index contributed by atoms with van der Waals surface area (Å²) >= 11 is 5.86. The Morgan fingerprint density at radius 2 is 1.33 bits per heavy atom. The molecule has 0 aliphatic heterocycles. The van der Waals surface area contributed by atoms with E-state index in [9.17, 15) is 0 Å². The monoisotopic (exact) mass is 328 g/mol. The van der Waals surface area contributed by atoms with Crippen molar-refractivity contribution < 1.29 is 0 Å². The minimum atomic E-state index is 0. The van der Waals surface area contributed by atoms with Gasteiger partial charge in [-0.1, -0.05) is 11.6 Å². The average Bonchev–Trinajstić information content (AvgIpc) is 2.42. The summed E-state index contributed by atoms with van der Waals surface area (Å²) < 4.78 is 0. The first kappa shape index (κ1) is 17.3. The van der Waals surface area contributed by atoms with Gasteiger partial charge in [0.25, 0.3) is 0 Å². The van der Waals surface area contributed by atoms with E-state index in [0.29, 0.717) is 22.9 Å². The molecular formula is C13H18Cl2N6. The van der Waals surface area contributed by atoms with Gasteiger partial charge in [-0.3, -0.25) is 0 Å². The molecule has 2 rings (SSSR count). The highest BCUT2D eigenvalue weighted by atomic mass is 35.5. The van der Waals surface area contributed by atoms with E-state index in [1.54, 1.807) is 0 Å². The maximum Gasteiger partial charge on any atom is 0.233 e. The van der Waals surface area contributed by atoms with Gasteiger partial charge in [0.05, 0.1) is 0 Å². The number of halogens is 2. The molecule has 1 aromatic carbocycles. The maximum absolute atomic E-state index is 5.86. The topological polar surface area (TPSA) is 74.8 Å². The molecule has 0 unspecified atom stereocenters. The minimum absolute atomic E-state index is 0. The van der Waals surface area contributed by atoms with Crippen LogP contribution in [0.1, 0.15) is 13.8 Å². The molecule has 0 amide bonds. The predicted molar refractivity (Wildman–Crippen MR) is 90.1 cm³/mol. The average molecular weight is 329 g/mol. The van der Waals surface area contributed by atoms with E-state index in [1.807, 2.05) is 38.1 Å². The lowest BCUT2D eigenvalue weighted by Crippen LogP contribution is -2.10. The summed E-state index contributed by atoms with van der Waals surface area (Å²) in [7, 11) is 0. The Labute approximate surface area is 135 Å². The summed E-state index contributed by atoms with van der Waals surface area (Å²) in [6.45, 7) is 5.47. The second kappa shape index (κ2) is 8.49. The predicted octanol–water partition coefficient (Wildman–Crippen LogP) is 3.55. The molecule has 1 heterocycles. The Hall–Kier alpha value is -1.79. The van der Waals surface area contributed by atoms with E-state index < -0.39 is 0 Å². The van der Waals surface area contributed by atoms with Crippen LogP contribution in [0.2, 0.25) is 5.02 Å². The molecule has 3 N–H and O–H groups in total. The quantitative estimate of drug-likeness (QED) is 0.752. The highest BCUT2D eigenvalue weighted by Crippen LogP contribution is 2.18. The van der Waals surface area contributed by atoms with Crippen molar-refractivity contribution >= 4 is 47.5 Å². The lowest BCUT2D eigenvalue weighted by Gasteiger charge is -2.09. The van der Waals surface area contributed by atoms with Crippen molar-refractivity contribution in [2.75, 3.05) is 29.0 Å². The lowest BCUT2D eigenvalue weighted by molar-refractivity contribution is 1.00. The largest absolute Gasteiger partial charge is 0.354 e. The second-order valence-electron chi connectivity index (χ2n) is 4.00. The van der Waals surface area contributed by atoms with Gasteiger partial charge < -0.3 is 16.0 Å². The number of hydrogen-bond donors (Lipinski definition) is 3. The fourth-order valence-electron chi connectivity index (χ4n) is 1.57. The van der Waals surface area contributed by atoms with Gasteiger partial charge >= 0.3 is 0 Å². The van der Waals surface area contributed by atoms with Gasteiger partial charge in [0.2, 0.25) is 17.8 Å². The highest BCUT2D eigenvalue weighted by molar-refractivity contribution is 6.30. The van der Waals surface area contributed by atoms with Crippen molar-refractivity contribution in [3.05, 3.63) is 29.3 Å². The summed E-state index contributed by atoms with van der Waals surface area (Å²) in [6, 6.07) is 7.35. The summed E-state index contributed by atoms with van der Waals surface area (Å²) in [5, 5.41) is 9.97. The fraction of sp³-hybridized carbons (Fsp3) is 0.308. The number of benzene rings is 1. The van der Waals surface area contributed by atoms with Crippen molar-refractivity contribution in [2.45, 2.75) is 13.8 Å². The van der Waals surface area contributed by atoms with Gasteiger partial charge in [0.15, 0.2) is 0 Å². The number of hydrogen-bond acceptors (Lipinski definition) is 6. The zero-order valence-corrected chi connectivity index (χ0v) is 13.4. The normalized spacial score (nSPS) is 9.67. The van der Waals surface area contributed by atoms with Crippen LogP contribution in [-0.4, -0.2) is 28.0 Å². The first-order chi connectivity index (χ1) is 9.71. The van der Waals surface area contributed by atoms with Crippen LogP contribution in [0.3, 0.4) is 0 Å². The van der Waals surface area contributed by atoms with Crippen LogP contribution in [0, 0.1) is 0 Å². The van der Waals surface area contributed by atoms with Gasteiger partial charge in [0.1, 0.15) is 0 Å². The second-order valence-corrected chi connectivity index (χ2v) is 4.44. The molecule has 1 aromatic heterocycles. The highest BCUT2D eigenvalue weighted by Gasteiger charge is 2.05. The Morgan fingerprint density at radius 1 is 0.857 bits per heavy atom. The first-order valence-corrected chi connectivity index (χ1v) is 6.85. The van der Waals surface area contributed by atoms with Gasteiger partial charge in [-0.05, 0) is 38.1 Å². The van der Waals surface area contributed by atoms with Crippen molar-refractivity contribution in [1.82, 2.24) is 15.0 Å². The molecule has 0 aliphatic carbocycles. The number of aromatic nitrogens is 3. The van der Waals surface area contributed by atoms with E-state index >= 15 is 0 Å². The van der Waals surface area contributed by atoms with Gasteiger partial charge in [0, 0.05) is 23.8 Å². The van der Waals surface area contributed by atoms with E-state index in [1.165, 1.54) is 0 Å². The lowest BCUT2D eigenvalue weighted by atomic mass is 10.3. The summed E-state index contributed by atoms with van der Waals surface area (Å²) in [5.41, 5.74) is 0.866. The third-order valence-corrected chi connectivity index (χ3v) is 2.66. The zero-order valence-electron chi connectivity index (χ0n) is 11.9. The molecule has 2 aromatic rings. The third-order valence-electron chi connectivity index (χ3n) is 2.41. The molecule has 8 heteroatoms. The summed E-state index contributed by atoms with van der Waals surface area (Å²) in [6.07, 6.45) is 0. The Bertz CT molecular complexity index is 537. The molecule has 0 saturated heterocycles. The summed E-state index contributed by atoms with van der Waals surface area (Å²) in [4.78, 5) is 12.9. The molecule has 0 bridgehead atoms. The van der Waals surface area contributed by atoms with Crippen molar-refractivity contribution in [1.29, 1.82) is 0 Å². The van der Waals surface area contributed by atoms with E-state index in [2.05, 4.69) is 30.9 Å². The van der Waals surface area contributed by atoms with E-state index in [-0.39, 0.29) is 12.4 Å². The number of rotatable bonds is 6. The molecule has 0 fully saturated rings. The zero-order chi connectivity index (χ0) is 14.4. The van der Waals surface area contributed by atoms with Gasteiger partial charge in [-0.2, -0.15) is 15.0 Å². The fourth-order valence-corrected chi connectivity index (χ4v) is 1.69. The van der Waals surface area contributed by atoms with Gasteiger partial charge in [-0.25, -0.2) is 0 Å². The number of anilines is 4. The van der Waals surface area contributed by atoms with Crippen molar-refractivity contribution in [2.24, 2.45) is 0 Å². The van der Waals surface area contributed by atoms with Crippen LogP contribution in [0.4, 0.5) is 23.5 Å². The molecule has 21 heavy (non-hydrogen) atoms. The van der Waals surface area contributed by atoms with Crippen molar-refractivity contribution in [3.63, 3.8) is 0 Å². The summed E-state index contributed by atoms with van der Waals surface area (Å²) in [5.74, 6) is 1.55. The van der Waals surface area contributed by atoms with Crippen LogP contribution < -0.4 is 16.0 Å². The first-order valence-electron chi connectivity index (χ1n) is 6.47. The SMILES string of the molecule is CCNc1nc(NCC)nc(Nc2ccc(Cl)cc2)n1.Cl. The minimum Gasteiger partial charge on any atom is -0.354 e. The molecule has 0 radical (unpaired) electrons. The maximum atomic E-state index is 5.86. The van der Waals surface area contributed by atoms with Crippen LogP contribution in [0.15, 0.2) is 24.3 Å². The molecule has 0 spiro atoms. The molecule has 114 valence electrons. The number of nitrogens with one attached hydrogen (secondary N) is 3. The van der Waals surface area contributed by atoms with E-state index in [0.717, 1.165) is 18.8 Å². The molecular weight excluding hydrogens is 311 g/mol. The van der Waals surface area contributed by atoms with Crippen LogP contribution in [-0.2, 0) is 0 Å². The number of nitrogens with zero attached hydrogens (tertiary/aromatic N) is 3. The Morgan fingerprint density at radius 3 is 1.81 bits per heavy atom. The Kier molecular flexibility index (Phi) is 6.98. The smallest absolute Gasteiger partial charge is 0.233 e. The molecule has 0 atom stereocenters. The van der Waals surface area contributed by atoms with Gasteiger partial charge in [-0.15, -0.1) is 12.4 Å². The van der Waals surface area contributed by atoms with Crippen LogP contribution in [0.25, 0.3) is 0 Å². The van der Waals surface area contributed by atoms with E-state index in [4.69, 9.17) is 11.6 Å². The molecule has 6 nitrogen and oxygen atoms in total. The Balaban J connectivity index is 0.00000220.